The second kappa shape index (κ2) is 57.7. The molecule has 17 nitrogen and oxygen atoms in total. The Morgan fingerprint density at radius 3 is 0.942 bits per heavy atom. The first-order valence-electron chi connectivity index (χ1n) is 34.2. The molecular weight excluding hydrogens is 1140 g/mol. The molecule has 0 aliphatic rings. The molecule has 0 aromatic carbocycles. The number of esters is 4. The maximum atomic E-state index is 13.0. The molecule has 0 aliphatic heterocycles. The molecule has 0 radical (unpaired) electrons. The van der Waals surface area contributed by atoms with Crippen LogP contribution in [0.5, 0.6) is 0 Å². The second-order valence-electron chi connectivity index (χ2n) is 25.0. The third-order valence-corrected chi connectivity index (χ3v) is 16.7. The van der Waals surface area contributed by atoms with Crippen molar-refractivity contribution in [2.75, 3.05) is 39.6 Å². The number of phosphoric acid groups is 2. The van der Waals surface area contributed by atoms with Gasteiger partial charge in [0.25, 0.3) is 0 Å². The van der Waals surface area contributed by atoms with E-state index in [-0.39, 0.29) is 25.7 Å². The van der Waals surface area contributed by atoms with Gasteiger partial charge in [-0.25, -0.2) is 9.13 Å². The number of aliphatic hydroxyl groups excluding tert-OH is 1. The topological polar surface area (TPSA) is 237 Å². The van der Waals surface area contributed by atoms with E-state index in [9.17, 15) is 43.2 Å². The number of ether oxygens (including phenoxy) is 4. The molecule has 506 valence electrons. The SMILES string of the molecule is CCCCCC/C=C\C=C/CCCCCCCC(=O)O[C@H](COC(=O)CCCCCCCCCCC(C)C)COP(=O)(O)OCC(O)COP(=O)(O)OC[C@@H](COC(=O)CCCCCCCCCC(C)C)OC(=O)CCCCCCCCCC(C)C. The zero-order valence-electron chi connectivity index (χ0n) is 55.3. The normalized spacial score (nSPS) is 14.5. The van der Waals surface area contributed by atoms with Gasteiger partial charge in [-0.3, -0.25) is 37.3 Å². The van der Waals surface area contributed by atoms with Crippen molar-refractivity contribution < 1.29 is 80.2 Å². The molecule has 0 amide bonds. The first-order chi connectivity index (χ1) is 41.2. The fraction of sp³-hybridized carbons (Fsp3) is 0.881. The van der Waals surface area contributed by atoms with E-state index < -0.39 is 97.5 Å². The maximum Gasteiger partial charge on any atom is 0.472 e. The summed E-state index contributed by atoms with van der Waals surface area (Å²) >= 11 is 0. The second-order valence-corrected chi connectivity index (χ2v) is 27.9. The predicted molar refractivity (Wildman–Crippen MR) is 344 cm³/mol. The van der Waals surface area contributed by atoms with E-state index in [4.69, 9.17) is 37.0 Å². The van der Waals surface area contributed by atoms with Gasteiger partial charge in [0.05, 0.1) is 26.4 Å². The molecule has 86 heavy (non-hydrogen) atoms. The van der Waals surface area contributed by atoms with Crippen LogP contribution in [0.2, 0.25) is 0 Å². The highest BCUT2D eigenvalue weighted by Crippen LogP contribution is 2.45. The molecule has 0 aliphatic carbocycles. The van der Waals surface area contributed by atoms with E-state index in [2.05, 4.69) is 72.8 Å². The quantitative estimate of drug-likeness (QED) is 0.0169. The largest absolute Gasteiger partial charge is 0.472 e. The molecule has 0 fully saturated rings. The van der Waals surface area contributed by atoms with Crippen LogP contribution in [0.25, 0.3) is 0 Å². The molecule has 3 N–H and O–H groups in total. The lowest BCUT2D eigenvalue weighted by Gasteiger charge is -2.21. The van der Waals surface area contributed by atoms with Crippen molar-refractivity contribution in [2.45, 2.75) is 324 Å². The molecule has 0 spiro atoms. The van der Waals surface area contributed by atoms with Crippen LogP contribution in [0.4, 0.5) is 0 Å². The van der Waals surface area contributed by atoms with E-state index in [0.29, 0.717) is 37.5 Å². The monoisotopic (exact) mass is 1260 g/mol. The van der Waals surface area contributed by atoms with E-state index in [1.165, 1.54) is 89.9 Å². The van der Waals surface area contributed by atoms with Crippen LogP contribution in [-0.4, -0.2) is 96.7 Å². The molecule has 0 aromatic rings. The number of unbranched alkanes of at least 4 members (excludes halogenated alkanes) is 28. The summed E-state index contributed by atoms with van der Waals surface area (Å²) in [6.45, 7) is 11.6. The number of rotatable bonds is 63. The molecule has 3 unspecified atom stereocenters. The van der Waals surface area contributed by atoms with Crippen LogP contribution >= 0.6 is 15.6 Å². The average Bonchev–Trinajstić information content (AvgIpc) is 3.67. The van der Waals surface area contributed by atoms with E-state index in [1.54, 1.807) is 0 Å². The minimum atomic E-state index is -4.96. The van der Waals surface area contributed by atoms with Gasteiger partial charge in [-0.2, -0.15) is 0 Å². The van der Waals surface area contributed by atoms with Crippen molar-refractivity contribution in [1.29, 1.82) is 0 Å². The van der Waals surface area contributed by atoms with Gasteiger partial charge in [-0.05, 0) is 69.1 Å². The number of hydrogen-bond acceptors (Lipinski definition) is 15. The summed E-state index contributed by atoms with van der Waals surface area (Å²) in [6.07, 6.45) is 42.8. The summed E-state index contributed by atoms with van der Waals surface area (Å²) in [5.74, 6) is -0.0450. The van der Waals surface area contributed by atoms with Crippen molar-refractivity contribution >= 4 is 39.5 Å². The third kappa shape index (κ3) is 60.5. The fourth-order valence-corrected chi connectivity index (χ4v) is 11.0. The van der Waals surface area contributed by atoms with Gasteiger partial charge in [0.2, 0.25) is 0 Å². The molecule has 0 bridgehead atoms. The maximum absolute atomic E-state index is 13.0. The summed E-state index contributed by atoms with van der Waals surface area (Å²) in [4.78, 5) is 72.3. The Balaban J connectivity index is 5.28. The Kier molecular flexibility index (Phi) is 56.0. The highest BCUT2D eigenvalue weighted by atomic mass is 31.2. The van der Waals surface area contributed by atoms with Crippen LogP contribution in [0.1, 0.15) is 305 Å². The summed E-state index contributed by atoms with van der Waals surface area (Å²) in [5, 5.41) is 10.5. The first-order valence-corrected chi connectivity index (χ1v) is 37.2. The molecule has 19 heteroatoms. The smallest absolute Gasteiger partial charge is 0.462 e. The van der Waals surface area contributed by atoms with Gasteiger partial charge in [-0.15, -0.1) is 0 Å². The molecule has 0 heterocycles. The van der Waals surface area contributed by atoms with Crippen molar-refractivity contribution in [3.8, 4) is 0 Å². The molecule has 0 aromatic heterocycles. The average molecular weight is 1270 g/mol. The van der Waals surface area contributed by atoms with Crippen molar-refractivity contribution in [2.24, 2.45) is 17.8 Å². The van der Waals surface area contributed by atoms with Crippen molar-refractivity contribution in [3.05, 3.63) is 24.3 Å². The fourth-order valence-electron chi connectivity index (χ4n) is 9.47. The lowest BCUT2D eigenvalue weighted by Crippen LogP contribution is -2.30. The number of aliphatic hydroxyl groups is 1. The standard InChI is InChI=1S/C67H126O17P2/c1-8-9-10-11-12-13-14-15-16-17-18-19-28-36-43-50-66(71)83-62(54-77-64(69)48-41-34-27-21-20-24-31-38-45-58(2)3)56-81-85(73,74)79-52-61(68)53-80-86(75,76)82-57-63(84-67(72)51-44-37-30-23-26-33-40-47-60(6)7)55-78-65(70)49-42-35-29-22-25-32-39-46-59(4)5/h13-16,58-63,68H,8-12,17-57H2,1-7H3,(H,73,74)(H,75,76)/b14-13-,16-15-/t61?,62-,63-/m1/s1. The van der Waals surface area contributed by atoms with Gasteiger partial charge in [0.1, 0.15) is 19.3 Å². The Morgan fingerprint density at radius 2 is 0.628 bits per heavy atom. The van der Waals surface area contributed by atoms with E-state index in [0.717, 1.165) is 121 Å². The number of hydrogen-bond donors (Lipinski definition) is 3. The lowest BCUT2D eigenvalue weighted by atomic mass is 10.0. The first kappa shape index (κ1) is 83.5. The zero-order chi connectivity index (χ0) is 63.8. The van der Waals surface area contributed by atoms with Crippen LogP contribution in [-0.2, 0) is 65.4 Å². The van der Waals surface area contributed by atoms with Crippen LogP contribution in [0, 0.1) is 17.8 Å². The highest BCUT2D eigenvalue weighted by Gasteiger charge is 2.30. The van der Waals surface area contributed by atoms with Crippen molar-refractivity contribution in [3.63, 3.8) is 0 Å². The van der Waals surface area contributed by atoms with Gasteiger partial charge < -0.3 is 33.8 Å². The molecule has 5 atom stereocenters. The van der Waals surface area contributed by atoms with Crippen molar-refractivity contribution in [1.82, 2.24) is 0 Å². The summed E-state index contributed by atoms with van der Waals surface area (Å²) in [7, 11) is -9.91. The third-order valence-electron chi connectivity index (χ3n) is 14.8. The predicted octanol–water partition coefficient (Wildman–Crippen LogP) is 18.2. The molecule has 0 rings (SSSR count). The summed E-state index contributed by atoms with van der Waals surface area (Å²) < 4.78 is 68.0. The van der Waals surface area contributed by atoms with Crippen LogP contribution < -0.4 is 0 Å². The summed E-state index contributed by atoms with van der Waals surface area (Å²) in [5.41, 5.74) is 0. The van der Waals surface area contributed by atoms with Gasteiger partial charge >= 0.3 is 39.5 Å². The number of allylic oxidation sites excluding steroid dienone is 4. The summed E-state index contributed by atoms with van der Waals surface area (Å²) in [6, 6.07) is 0. The minimum Gasteiger partial charge on any atom is -0.462 e. The number of carbonyl (C=O) groups excluding carboxylic acids is 4. The van der Waals surface area contributed by atoms with Crippen LogP contribution in [0.15, 0.2) is 24.3 Å². The van der Waals surface area contributed by atoms with Crippen LogP contribution in [0.3, 0.4) is 0 Å². The Labute approximate surface area is 522 Å². The Morgan fingerprint density at radius 1 is 0.360 bits per heavy atom. The Hall–Kier alpha value is -2.46. The lowest BCUT2D eigenvalue weighted by molar-refractivity contribution is -0.161. The minimum absolute atomic E-state index is 0.0837. The molecule has 0 saturated heterocycles. The van der Waals surface area contributed by atoms with Gasteiger partial charge in [0, 0.05) is 25.7 Å². The van der Waals surface area contributed by atoms with Gasteiger partial charge in [0.15, 0.2) is 12.2 Å². The molecular formula is C67H126O17P2. The number of phosphoric ester groups is 2. The Bertz CT molecular complexity index is 1790. The highest BCUT2D eigenvalue weighted by molar-refractivity contribution is 7.47. The van der Waals surface area contributed by atoms with E-state index in [1.807, 2.05) is 0 Å². The van der Waals surface area contributed by atoms with E-state index >= 15 is 0 Å². The van der Waals surface area contributed by atoms with Gasteiger partial charge in [-0.1, -0.05) is 253 Å². The number of carbonyl (C=O) groups is 4. The molecule has 0 saturated carbocycles. The zero-order valence-corrected chi connectivity index (χ0v) is 57.0.